The Morgan fingerprint density at radius 2 is 1.75 bits per heavy atom. The number of hydrogen-bond acceptors (Lipinski definition) is 3. The molecule has 1 aliphatic rings. The van der Waals surface area contributed by atoms with Crippen LogP contribution in [0.5, 0.6) is 5.75 Å². The lowest BCUT2D eigenvalue weighted by Gasteiger charge is -2.11. The van der Waals surface area contributed by atoms with E-state index in [2.05, 4.69) is 16.7 Å². The standard InChI is InChI=1S/C21H23ClN4OS/c22-18-8-10-19(11-9-18)27-15-20-23-26(16-24-12-4-5-13-24)21(28)25(20)14-17-6-2-1-3-7-17/h1-3,6-11H,4-5,12-16H2/p+1. The van der Waals surface area contributed by atoms with E-state index in [1.54, 1.807) is 0 Å². The molecule has 1 saturated heterocycles. The number of hydrogen-bond donors (Lipinski definition) is 1. The zero-order valence-corrected chi connectivity index (χ0v) is 17.3. The van der Waals surface area contributed by atoms with Crippen LogP contribution in [0.3, 0.4) is 0 Å². The third-order valence-corrected chi connectivity index (χ3v) is 5.73. The number of halogens is 1. The highest BCUT2D eigenvalue weighted by Crippen LogP contribution is 2.17. The summed E-state index contributed by atoms with van der Waals surface area (Å²) in [6.45, 7) is 4.23. The minimum absolute atomic E-state index is 0.362. The summed E-state index contributed by atoms with van der Waals surface area (Å²) >= 11 is 11.7. The number of nitrogens with one attached hydrogen (secondary N) is 1. The molecular formula is C21H24ClN4OS+. The van der Waals surface area contributed by atoms with Gasteiger partial charge in [0.1, 0.15) is 12.4 Å². The first-order valence-electron chi connectivity index (χ1n) is 9.61. The lowest BCUT2D eigenvalue weighted by Crippen LogP contribution is -3.09. The molecular weight excluding hydrogens is 392 g/mol. The van der Waals surface area contributed by atoms with Gasteiger partial charge in [0, 0.05) is 17.9 Å². The van der Waals surface area contributed by atoms with Gasteiger partial charge in [0.05, 0.1) is 19.6 Å². The molecule has 2 heterocycles. The summed E-state index contributed by atoms with van der Waals surface area (Å²) in [5.74, 6) is 1.60. The molecule has 0 saturated carbocycles. The Balaban J connectivity index is 1.58. The number of quaternary nitrogens is 1. The van der Waals surface area contributed by atoms with Crippen molar-refractivity contribution in [3.63, 3.8) is 0 Å². The van der Waals surface area contributed by atoms with Crippen LogP contribution in [0, 0.1) is 4.77 Å². The van der Waals surface area contributed by atoms with E-state index in [0.717, 1.165) is 23.0 Å². The number of nitrogens with zero attached hydrogens (tertiary/aromatic N) is 3. The quantitative estimate of drug-likeness (QED) is 0.601. The summed E-state index contributed by atoms with van der Waals surface area (Å²) in [5.41, 5.74) is 1.19. The first kappa shape index (κ1) is 19.2. The lowest BCUT2D eigenvalue weighted by atomic mass is 10.2. The lowest BCUT2D eigenvalue weighted by molar-refractivity contribution is -0.911. The van der Waals surface area contributed by atoms with E-state index in [0.29, 0.717) is 18.2 Å². The number of benzene rings is 2. The van der Waals surface area contributed by atoms with Crippen molar-refractivity contribution < 1.29 is 9.64 Å². The van der Waals surface area contributed by atoms with E-state index in [4.69, 9.17) is 33.7 Å². The first-order chi connectivity index (χ1) is 13.7. The highest BCUT2D eigenvalue weighted by Gasteiger charge is 2.19. The smallest absolute Gasteiger partial charge is 0.203 e. The summed E-state index contributed by atoms with van der Waals surface area (Å²) in [7, 11) is 0. The molecule has 0 atom stereocenters. The molecule has 5 nitrogen and oxygen atoms in total. The van der Waals surface area contributed by atoms with E-state index in [9.17, 15) is 0 Å². The molecule has 0 radical (unpaired) electrons. The van der Waals surface area contributed by atoms with Gasteiger partial charge in [-0.1, -0.05) is 41.9 Å². The molecule has 1 fully saturated rings. The number of ether oxygens (including phenoxy) is 1. The molecule has 0 amide bonds. The highest BCUT2D eigenvalue weighted by atomic mass is 35.5. The molecule has 28 heavy (non-hydrogen) atoms. The molecule has 3 aromatic rings. The Morgan fingerprint density at radius 3 is 2.46 bits per heavy atom. The maximum atomic E-state index is 5.96. The van der Waals surface area contributed by atoms with Crippen molar-refractivity contribution >= 4 is 23.8 Å². The van der Waals surface area contributed by atoms with Crippen LogP contribution < -0.4 is 9.64 Å². The molecule has 0 aliphatic carbocycles. The maximum Gasteiger partial charge on any atom is 0.203 e. The monoisotopic (exact) mass is 415 g/mol. The van der Waals surface area contributed by atoms with E-state index in [-0.39, 0.29) is 0 Å². The summed E-state index contributed by atoms with van der Waals surface area (Å²) in [4.78, 5) is 1.53. The Labute approximate surface area is 175 Å². The first-order valence-corrected chi connectivity index (χ1v) is 10.4. The fourth-order valence-electron chi connectivity index (χ4n) is 3.54. The second-order valence-electron chi connectivity index (χ2n) is 7.13. The molecule has 1 aromatic heterocycles. The third kappa shape index (κ3) is 4.63. The normalized spacial score (nSPS) is 14.5. The van der Waals surface area contributed by atoms with Gasteiger partial charge in [-0.25, -0.2) is 0 Å². The summed E-state index contributed by atoms with van der Waals surface area (Å²) < 4.78 is 10.7. The van der Waals surface area contributed by atoms with Crippen molar-refractivity contribution in [2.75, 3.05) is 13.1 Å². The van der Waals surface area contributed by atoms with Crippen molar-refractivity contribution in [1.29, 1.82) is 0 Å². The predicted molar refractivity (Wildman–Crippen MR) is 112 cm³/mol. The van der Waals surface area contributed by atoms with Gasteiger partial charge < -0.3 is 9.64 Å². The van der Waals surface area contributed by atoms with Crippen LogP contribution in [0.2, 0.25) is 5.02 Å². The number of likely N-dealkylation sites (tertiary alicyclic amines) is 1. The molecule has 7 heteroatoms. The van der Waals surface area contributed by atoms with Crippen molar-refractivity contribution in [2.24, 2.45) is 0 Å². The van der Waals surface area contributed by atoms with Crippen LogP contribution in [-0.4, -0.2) is 27.4 Å². The Kier molecular flexibility index (Phi) is 6.10. The van der Waals surface area contributed by atoms with Gasteiger partial charge in [-0.3, -0.25) is 4.57 Å². The molecule has 4 rings (SSSR count). The van der Waals surface area contributed by atoms with Crippen LogP contribution in [0.15, 0.2) is 54.6 Å². The summed E-state index contributed by atoms with van der Waals surface area (Å²) in [6, 6.07) is 17.7. The molecule has 0 unspecified atom stereocenters. The Hall–Kier alpha value is -2.15. The number of aromatic nitrogens is 3. The van der Waals surface area contributed by atoms with Crippen molar-refractivity contribution in [3.8, 4) is 5.75 Å². The SMILES string of the molecule is S=c1n(C[NH+]2CCCC2)nc(COc2ccc(Cl)cc2)n1Cc1ccccc1. The van der Waals surface area contributed by atoms with Crippen molar-refractivity contribution in [1.82, 2.24) is 14.3 Å². The van der Waals surface area contributed by atoms with Gasteiger partial charge in [0.25, 0.3) is 0 Å². The molecule has 0 spiro atoms. The second kappa shape index (κ2) is 8.90. The minimum Gasteiger partial charge on any atom is -0.486 e. The van der Waals surface area contributed by atoms with E-state index >= 15 is 0 Å². The van der Waals surface area contributed by atoms with Crippen LogP contribution in [0.4, 0.5) is 0 Å². The zero-order valence-electron chi connectivity index (χ0n) is 15.7. The van der Waals surface area contributed by atoms with Gasteiger partial charge in [0.15, 0.2) is 12.5 Å². The topological polar surface area (TPSA) is 36.4 Å². The largest absolute Gasteiger partial charge is 0.486 e. The maximum absolute atomic E-state index is 5.96. The molecule has 1 N–H and O–H groups in total. The molecule has 146 valence electrons. The summed E-state index contributed by atoms with van der Waals surface area (Å²) in [6.07, 6.45) is 2.56. The Bertz CT molecular complexity index is 962. The molecule has 0 bridgehead atoms. The number of rotatable bonds is 7. The second-order valence-corrected chi connectivity index (χ2v) is 7.93. The van der Waals surface area contributed by atoms with Crippen LogP contribution in [0.1, 0.15) is 24.2 Å². The average Bonchev–Trinajstić information content (AvgIpc) is 3.32. The van der Waals surface area contributed by atoms with Crippen LogP contribution in [-0.2, 0) is 19.8 Å². The van der Waals surface area contributed by atoms with Crippen LogP contribution in [0.25, 0.3) is 0 Å². The average molecular weight is 416 g/mol. The van der Waals surface area contributed by atoms with Gasteiger partial charge >= 0.3 is 0 Å². The van der Waals surface area contributed by atoms with Crippen molar-refractivity contribution in [2.45, 2.75) is 32.7 Å². The van der Waals surface area contributed by atoms with Crippen LogP contribution >= 0.6 is 23.8 Å². The predicted octanol–water partition coefficient (Wildman–Crippen LogP) is 3.33. The molecule has 2 aromatic carbocycles. The van der Waals surface area contributed by atoms with Crippen molar-refractivity contribution in [3.05, 3.63) is 75.8 Å². The minimum atomic E-state index is 0.362. The zero-order chi connectivity index (χ0) is 19.3. The van der Waals surface area contributed by atoms with Gasteiger partial charge in [-0.05, 0) is 42.0 Å². The van der Waals surface area contributed by atoms with E-state index in [1.807, 2.05) is 47.1 Å². The molecule has 1 aliphatic heterocycles. The van der Waals surface area contributed by atoms with Gasteiger partial charge in [0.2, 0.25) is 4.77 Å². The fourth-order valence-corrected chi connectivity index (χ4v) is 3.95. The fraction of sp³-hybridized carbons (Fsp3) is 0.333. The highest BCUT2D eigenvalue weighted by molar-refractivity contribution is 7.71. The third-order valence-electron chi connectivity index (χ3n) is 5.05. The van der Waals surface area contributed by atoms with E-state index in [1.165, 1.54) is 36.4 Å². The van der Waals surface area contributed by atoms with Gasteiger partial charge in [-0.2, -0.15) is 4.68 Å². The summed E-state index contributed by atoms with van der Waals surface area (Å²) in [5, 5.41) is 5.50. The van der Waals surface area contributed by atoms with Gasteiger partial charge in [-0.15, -0.1) is 5.10 Å². The van der Waals surface area contributed by atoms with E-state index < -0.39 is 0 Å². The Morgan fingerprint density at radius 1 is 1.04 bits per heavy atom.